The summed E-state index contributed by atoms with van der Waals surface area (Å²) in [4.78, 5) is 12.6. The summed E-state index contributed by atoms with van der Waals surface area (Å²) in [5.41, 5.74) is 1.18. The van der Waals surface area contributed by atoms with Gasteiger partial charge in [0.05, 0.1) is 12.4 Å². The van der Waals surface area contributed by atoms with Gasteiger partial charge >= 0.3 is 0 Å². The predicted molar refractivity (Wildman–Crippen MR) is 66.6 cm³/mol. The summed E-state index contributed by atoms with van der Waals surface area (Å²) in [5.74, 6) is 0.338. The van der Waals surface area contributed by atoms with Crippen LogP contribution in [-0.2, 0) is 4.79 Å². The van der Waals surface area contributed by atoms with E-state index >= 15 is 0 Å². The molecule has 16 heavy (non-hydrogen) atoms. The van der Waals surface area contributed by atoms with Crippen LogP contribution in [0.5, 0.6) is 0 Å². The Kier molecular flexibility index (Phi) is 5.35. The third kappa shape index (κ3) is 4.24. The summed E-state index contributed by atoms with van der Waals surface area (Å²) in [5, 5.41) is 11.5. The van der Waals surface area contributed by atoms with Gasteiger partial charge in [0.1, 0.15) is 0 Å². The zero-order valence-corrected chi connectivity index (χ0v) is 10.4. The van der Waals surface area contributed by atoms with Crippen molar-refractivity contribution in [2.75, 3.05) is 12.4 Å². The zero-order valence-electron chi connectivity index (χ0n) is 9.56. The van der Waals surface area contributed by atoms with Gasteiger partial charge in [0.15, 0.2) is 0 Å². The molecule has 88 valence electrons. The summed E-state index contributed by atoms with van der Waals surface area (Å²) in [7, 11) is 0. The molecule has 0 aliphatic carbocycles. The Hall–Kier alpha value is -1.00. The molecule has 0 heterocycles. The smallest absolute Gasteiger partial charge is 0.230 e. The maximum absolute atomic E-state index is 11.5. The SMILES string of the molecule is Cc1ccccc1SCC(=O)N[C@H](C)CO. The average Bonchev–Trinajstić information content (AvgIpc) is 2.28. The van der Waals surface area contributed by atoms with E-state index in [1.807, 2.05) is 31.2 Å². The zero-order chi connectivity index (χ0) is 12.0. The molecule has 1 amide bonds. The highest BCUT2D eigenvalue weighted by molar-refractivity contribution is 8.00. The summed E-state index contributed by atoms with van der Waals surface area (Å²) >= 11 is 1.51. The molecule has 1 rings (SSSR count). The van der Waals surface area contributed by atoms with Gasteiger partial charge < -0.3 is 10.4 Å². The lowest BCUT2D eigenvalue weighted by atomic mass is 10.2. The van der Waals surface area contributed by atoms with Crippen molar-refractivity contribution in [2.45, 2.75) is 24.8 Å². The standard InChI is InChI=1S/C12H17NO2S/c1-9-5-3-4-6-11(9)16-8-12(15)13-10(2)7-14/h3-6,10,14H,7-8H2,1-2H3,(H,13,15)/t10-/m1/s1. The van der Waals surface area contributed by atoms with E-state index in [1.165, 1.54) is 17.3 Å². The second-order valence-corrected chi connectivity index (χ2v) is 4.72. The van der Waals surface area contributed by atoms with E-state index in [1.54, 1.807) is 6.92 Å². The van der Waals surface area contributed by atoms with E-state index in [4.69, 9.17) is 5.11 Å². The van der Waals surface area contributed by atoms with Gasteiger partial charge in [-0.2, -0.15) is 0 Å². The molecule has 1 atom stereocenters. The van der Waals surface area contributed by atoms with Crippen molar-refractivity contribution in [3.05, 3.63) is 29.8 Å². The van der Waals surface area contributed by atoms with E-state index in [-0.39, 0.29) is 18.6 Å². The fourth-order valence-corrected chi connectivity index (χ4v) is 2.06. The number of carbonyl (C=O) groups is 1. The van der Waals surface area contributed by atoms with Crippen LogP contribution in [0.25, 0.3) is 0 Å². The van der Waals surface area contributed by atoms with Crippen molar-refractivity contribution in [1.29, 1.82) is 0 Å². The van der Waals surface area contributed by atoms with Gasteiger partial charge in [0.25, 0.3) is 0 Å². The van der Waals surface area contributed by atoms with Crippen molar-refractivity contribution in [2.24, 2.45) is 0 Å². The lowest BCUT2D eigenvalue weighted by Gasteiger charge is -2.10. The number of thioether (sulfide) groups is 1. The van der Waals surface area contributed by atoms with Crippen LogP contribution in [0.15, 0.2) is 29.2 Å². The number of hydrogen-bond acceptors (Lipinski definition) is 3. The fraction of sp³-hybridized carbons (Fsp3) is 0.417. The third-order valence-electron chi connectivity index (χ3n) is 2.13. The molecular weight excluding hydrogens is 222 g/mol. The summed E-state index contributed by atoms with van der Waals surface area (Å²) in [6, 6.07) is 7.79. The molecule has 0 unspecified atom stereocenters. The second-order valence-electron chi connectivity index (χ2n) is 3.71. The Morgan fingerprint density at radius 3 is 2.81 bits per heavy atom. The number of hydrogen-bond donors (Lipinski definition) is 2. The van der Waals surface area contributed by atoms with Crippen LogP contribution in [0.1, 0.15) is 12.5 Å². The van der Waals surface area contributed by atoms with Gasteiger partial charge in [-0.3, -0.25) is 4.79 Å². The number of aliphatic hydroxyl groups excluding tert-OH is 1. The first-order valence-electron chi connectivity index (χ1n) is 5.22. The Labute approximate surface area is 100 Å². The summed E-state index contributed by atoms with van der Waals surface area (Å²) in [6.45, 7) is 3.77. The van der Waals surface area contributed by atoms with E-state index in [2.05, 4.69) is 5.32 Å². The number of carbonyl (C=O) groups excluding carboxylic acids is 1. The molecular formula is C12H17NO2S. The van der Waals surface area contributed by atoms with Crippen LogP contribution in [0.4, 0.5) is 0 Å². The topological polar surface area (TPSA) is 49.3 Å². The number of benzene rings is 1. The van der Waals surface area contributed by atoms with Crippen LogP contribution in [-0.4, -0.2) is 29.4 Å². The van der Waals surface area contributed by atoms with Crippen LogP contribution in [0.2, 0.25) is 0 Å². The molecule has 0 bridgehead atoms. The molecule has 2 N–H and O–H groups in total. The fourth-order valence-electron chi connectivity index (χ4n) is 1.22. The predicted octanol–water partition coefficient (Wildman–Crippen LogP) is 1.58. The Balaban J connectivity index is 2.40. The van der Waals surface area contributed by atoms with Gasteiger partial charge in [-0.05, 0) is 25.5 Å². The highest BCUT2D eigenvalue weighted by Gasteiger charge is 2.07. The maximum Gasteiger partial charge on any atom is 0.230 e. The first-order chi connectivity index (χ1) is 7.63. The molecule has 1 aromatic rings. The van der Waals surface area contributed by atoms with Crippen molar-refractivity contribution >= 4 is 17.7 Å². The molecule has 0 radical (unpaired) electrons. The van der Waals surface area contributed by atoms with Crippen molar-refractivity contribution in [1.82, 2.24) is 5.32 Å². The minimum absolute atomic E-state index is 0.0270. The Morgan fingerprint density at radius 2 is 2.19 bits per heavy atom. The molecule has 0 aromatic heterocycles. The number of nitrogens with one attached hydrogen (secondary N) is 1. The van der Waals surface area contributed by atoms with Crippen molar-refractivity contribution in [3.8, 4) is 0 Å². The third-order valence-corrected chi connectivity index (χ3v) is 3.31. The van der Waals surface area contributed by atoms with Gasteiger partial charge in [0, 0.05) is 10.9 Å². The Morgan fingerprint density at radius 1 is 1.50 bits per heavy atom. The number of aliphatic hydroxyl groups is 1. The molecule has 1 aromatic carbocycles. The minimum Gasteiger partial charge on any atom is -0.394 e. The average molecular weight is 239 g/mol. The van der Waals surface area contributed by atoms with Crippen molar-refractivity contribution < 1.29 is 9.90 Å². The highest BCUT2D eigenvalue weighted by Crippen LogP contribution is 2.21. The van der Waals surface area contributed by atoms with E-state index < -0.39 is 0 Å². The lowest BCUT2D eigenvalue weighted by molar-refractivity contribution is -0.119. The largest absolute Gasteiger partial charge is 0.394 e. The van der Waals surface area contributed by atoms with Crippen LogP contribution < -0.4 is 5.32 Å². The highest BCUT2D eigenvalue weighted by atomic mass is 32.2. The first-order valence-corrected chi connectivity index (χ1v) is 6.20. The van der Waals surface area contributed by atoms with Gasteiger partial charge in [-0.25, -0.2) is 0 Å². The van der Waals surface area contributed by atoms with Gasteiger partial charge in [-0.15, -0.1) is 11.8 Å². The summed E-state index contributed by atoms with van der Waals surface area (Å²) < 4.78 is 0. The molecule has 0 fully saturated rings. The van der Waals surface area contributed by atoms with E-state index in [0.717, 1.165) is 4.90 Å². The number of aryl methyl sites for hydroxylation is 1. The minimum atomic E-state index is -0.176. The molecule has 3 nitrogen and oxygen atoms in total. The summed E-state index contributed by atoms with van der Waals surface area (Å²) in [6.07, 6.45) is 0. The van der Waals surface area contributed by atoms with E-state index in [9.17, 15) is 4.79 Å². The normalized spacial score (nSPS) is 12.2. The molecule has 4 heteroatoms. The first kappa shape index (κ1) is 13.1. The number of rotatable bonds is 5. The monoisotopic (exact) mass is 239 g/mol. The molecule has 0 spiro atoms. The van der Waals surface area contributed by atoms with Gasteiger partial charge in [0.2, 0.25) is 5.91 Å². The second kappa shape index (κ2) is 6.55. The van der Waals surface area contributed by atoms with Crippen LogP contribution in [0, 0.1) is 6.92 Å². The molecule has 0 saturated heterocycles. The van der Waals surface area contributed by atoms with Crippen LogP contribution >= 0.6 is 11.8 Å². The molecule has 0 aliphatic heterocycles. The molecule has 0 aliphatic rings. The van der Waals surface area contributed by atoms with E-state index in [0.29, 0.717) is 5.75 Å². The van der Waals surface area contributed by atoms with Gasteiger partial charge in [-0.1, -0.05) is 18.2 Å². The lowest BCUT2D eigenvalue weighted by Crippen LogP contribution is -2.36. The molecule has 0 saturated carbocycles. The maximum atomic E-state index is 11.5. The Bertz CT molecular complexity index is 355. The van der Waals surface area contributed by atoms with Crippen molar-refractivity contribution in [3.63, 3.8) is 0 Å². The quantitative estimate of drug-likeness (QED) is 0.767. The number of amides is 1. The van der Waals surface area contributed by atoms with Crippen LogP contribution in [0.3, 0.4) is 0 Å².